The molecule has 3 nitrogen and oxygen atoms in total. The van der Waals surface area contributed by atoms with E-state index in [1.807, 2.05) is 11.6 Å². The molecule has 0 bridgehead atoms. The molecule has 0 amide bonds. The Bertz CT molecular complexity index is 438. The Morgan fingerprint density at radius 1 is 1.33 bits per heavy atom. The van der Waals surface area contributed by atoms with Crippen molar-refractivity contribution in [3.05, 3.63) is 42.0 Å². The molecule has 15 heavy (non-hydrogen) atoms. The number of hydrogen-bond acceptors (Lipinski definition) is 3. The summed E-state index contributed by atoms with van der Waals surface area (Å²) < 4.78 is 14.5. The molecule has 0 saturated carbocycles. The van der Waals surface area contributed by atoms with E-state index in [9.17, 15) is 4.39 Å². The zero-order chi connectivity index (χ0) is 10.7. The van der Waals surface area contributed by atoms with Gasteiger partial charge < -0.3 is 4.57 Å². The summed E-state index contributed by atoms with van der Waals surface area (Å²) in [6.07, 6.45) is 1.66. The van der Waals surface area contributed by atoms with Gasteiger partial charge in [0.05, 0.1) is 0 Å². The lowest BCUT2D eigenvalue weighted by Crippen LogP contribution is -1.89. The Hall–Kier alpha value is -1.36. The molecule has 2 rings (SSSR count). The summed E-state index contributed by atoms with van der Waals surface area (Å²) in [5.74, 6) is 0.565. The molecule has 1 heterocycles. The van der Waals surface area contributed by atoms with Gasteiger partial charge in [-0.3, -0.25) is 0 Å². The first kappa shape index (κ1) is 10.2. The molecule has 0 N–H and O–H groups in total. The summed E-state index contributed by atoms with van der Waals surface area (Å²) in [6.45, 7) is 0. The summed E-state index contributed by atoms with van der Waals surface area (Å²) in [5.41, 5.74) is 1.07. The van der Waals surface area contributed by atoms with Crippen LogP contribution in [0.4, 0.5) is 4.39 Å². The second kappa shape index (κ2) is 4.44. The molecule has 0 fully saturated rings. The summed E-state index contributed by atoms with van der Waals surface area (Å²) >= 11 is 1.58. The first-order valence-corrected chi connectivity index (χ1v) is 5.45. The fourth-order valence-electron chi connectivity index (χ4n) is 1.13. The molecule has 0 saturated heterocycles. The predicted octanol–water partition coefficient (Wildman–Crippen LogP) is 2.25. The lowest BCUT2D eigenvalue weighted by Gasteiger charge is -2.00. The van der Waals surface area contributed by atoms with E-state index in [1.54, 1.807) is 30.2 Å². The van der Waals surface area contributed by atoms with Crippen molar-refractivity contribution in [1.29, 1.82) is 0 Å². The van der Waals surface area contributed by atoms with Crippen LogP contribution in [0.2, 0.25) is 0 Å². The first-order chi connectivity index (χ1) is 7.25. The van der Waals surface area contributed by atoms with Gasteiger partial charge in [-0.2, -0.15) is 0 Å². The summed E-state index contributed by atoms with van der Waals surface area (Å²) in [4.78, 5) is 0. The molecule has 1 aromatic heterocycles. The number of rotatable bonds is 3. The molecule has 78 valence electrons. The SMILES string of the molecule is Cn1cnnc1SCc1ccc(F)cc1. The zero-order valence-corrected chi connectivity index (χ0v) is 9.04. The molecule has 0 atom stereocenters. The van der Waals surface area contributed by atoms with E-state index in [1.165, 1.54) is 12.1 Å². The minimum atomic E-state index is -0.206. The van der Waals surface area contributed by atoms with Gasteiger partial charge >= 0.3 is 0 Å². The number of aryl methyl sites for hydroxylation is 1. The number of hydrogen-bond donors (Lipinski definition) is 0. The van der Waals surface area contributed by atoms with Crippen LogP contribution < -0.4 is 0 Å². The van der Waals surface area contributed by atoms with Crippen molar-refractivity contribution in [3.63, 3.8) is 0 Å². The molecule has 5 heteroatoms. The number of thioether (sulfide) groups is 1. The van der Waals surface area contributed by atoms with Crippen LogP contribution in [0.25, 0.3) is 0 Å². The van der Waals surface area contributed by atoms with E-state index in [4.69, 9.17) is 0 Å². The van der Waals surface area contributed by atoms with Crippen LogP contribution in [0.3, 0.4) is 0 Å². The van der Waals surface area contributed by atoms with Crippen molar-refractivity contribution in [2.24, 2.45) is 7.05 Å². The molecular weight excluding hydrogens is 213 g/mol. The molecular formula is C10H10FN3S. The quantitative estimate of drug-likeness (QED) is 0.748. The summed E-state index contributed by atoms with van der Waals surface area (Å²) in [6, 6.07) is 6.48. The number of nitrogens with zero attached hydrogens (tertiary/aromatic N) is 3. The predicted molar refractivity (Wildman–Crippen MR) is 57.0 cm³/mol. The Kier molecular flexibility index (Phi) is 3.01. The Labute approximate surface area is 91.3 Å². The normalized spacial score (nSPS) is 10.5. The Morgan fingerprint density at radius 2 is 2.07 bits per heavy atom. The second-order valence-electron chi connectivity index (χ2n) is 3.14. The van der Waals surface area contributed by atoms with Gasteiger partial charge in [0.25, 0.3) is 0 Å². The molecule has 0 aliphatic rings. The fraction of sp³-hybridized carbons (Fsp3) is 0.200. The molecule has 0 radical (unpaired) electrons. The highest BCUT2D eigenvalue weighted by Gasteiger charge is 2.01. The van der Waals surface area contributed by atoms with E-state index >= 15 is 0 Å². The largest absolute Gasteiger partial charge is 0.312 e. The molecule has 1 aromatic carbocycles. The highest BCUT2D eigenvalue weighted by molar-refractivity contribution is 7.98. The zero-order valence-electron chi connectivity index (χ0n) is 8.22. The first-order valence-electron chi connectivity index (χ1n) is 4.47. The monoisotopic (exact) mass is 223 g/mol. The van der Waals surface area contributed by atoms with Gasteiger partial charge in [-0.1, -0.05) is 23.9 Å². The molecule has 0 unspecified atom stereocenters. The third kappa shape index (κ3) is 2.56. The van der Waals surface area contributed by atoms with Gasteiger partial charge in [0.2, 0.25) is 0 Å². The lowest BCUT2D eigenvalue weighted by atomic mass is 10.2. The molecule has 0 aliphatic heterocycles. The molecule has 2 aromatic rings. The maximum Gasteiger partial charge on any atom is 0.191 e. The van der Waals surface area contributed by atoms with E-state index in [2.05, 4.69) is 10.2 Å². The third-order valence-corrected chi connectivity index (χ3v) is 3.06. The maximum atomic E-state index is 12.6. The minimum absolute atomic E-state index is 0.206. The van der Waals surface area contributed by atoms with Crippen LogP contribution >= 0.6 is 11.8 Å². The summed E-state index contributed by atoms with van der Waals surface area (Å²) in [7, 11) is 1.90. The van der Waals surface area contributed by atoms with Crippen molar-refractivity contribution >= 4 is 11.8 Å². The average Bonchev–Trinajstić information content (AvgIpc) is 2.63. The second-order valence-corrected chi connectivity index (χ2v) is 4.08. The molecule has 0 aliphatic carbocycles. The van der Waals surface area contributed by atoms with Crippen LogP contribution in [-0.4, -0.2) is 14.8 Å². The van der Waals surface area contributed by atoms with Crippen molar-refractivity contribution in [1.82, 2.24) is 14.8 Å². The average molecular weight is 223 g/mol. The maximum absolute atomic E-state index is 12.6. The van der Waals surface area contributed by atoms with Crippen LogP contribution in [0.1, 0.15) is 5.56 Å². The van der Waals surface area contributed by atoms with Gasteiger partial charge in [-0.15, -0.1) is 10.2 Å². The third-order valence-electron chi connectivity index (χ3n) is 1.95. The van der Waals surface area contributed by atoms with E-state index in [0.717, 1.165) is 16.5 Å². The standard InChI is InChI=1S/C10H10FN3S/c1-14-7-12-13-10(14)15-6-8-2-4-9(11)5-3-8/h2-5,7H,6H2,1H3. The van der Waals surface area contributed by atoms with Crippen molar-refractivity contribution < 1.29 is 4.39 Å². The fourth-order valence-corrected chi connectivity index (χ4v) is 1.98. The highest BCUT2D eigenvalue weighted by atomic mass is 32.2. The number of benzene rings is 1. The topological polar surface area (TPSA) is 30.7 Å². The highest BCUT2D eigenvalue weighted by Crippen LogP contribution is 2.19. The smallest absolute Gasteiger partial charge is 0.191 e. The number of aromatic nitrogens is 3. The van der Waals surface area contributed by atoms with Gasteiger partial charge in [-0.05, 0) is 17.7 Å². The van der Waals surface area contributed by atoms with Gasteiger partial charge in [-0.25, -0.2) is 4.39 Å². The Morgan fingerprint density at radius 3 is 2.67 bits per heavy atom. The van der Waals surface area contributed by atoms with E-state index in [-0.39, 0.29) is 5.82 Å². The summed E-state index contributed by atoms with van der Waals surface area (Å²) in [5, 5.41) is 8.59. The van der Waals surface area contributed by atoms with Crippen LogP contribution in [0.5, 0.6) is 0 Å². The van der Waals surface area contributed by atoms with Gasteiger partial charge in [0, 0.05) is 12.8 Å². The number of halogens is 1. The minimum Gasteiger partial charge on any atom is -0.312 e. The molecule has 0 spiro atoms. The van der Waals surface area contributed by atoms with Crippen LogP contribution in [0.15, 0.2) is 35.7 Å². The van der Waals surface area contributed by atoms with Crippen molar-refractivity contribution in [2.45, 2.75) is 10.9 Å². The van der Waals surface area contributed by atoms with Crippen molar-refractivity contribution in [2.75, 3.05) is 0 Å². The lowest BCUT2D eigenvalue weighted by molar-refractivity contribution is 0.627. The van der Waals surface area contributed by atoms with Gasteiger partial charge in [0.15, 0.2) is 5.16 Å². The van der Waals surface area contributed by atoms with E-state index < -0.39 is 0 Å². The van der Waals surface area contributed by atoms with Crippen LogP contribution in [-0.2, 0) is 12.8 Å². The van der Waals surface area contributed by atoms with Gasteiger partial charge in [0.1, 0.15) is 12.1 Å². The van der Waals surface area contributed by atoms with E-state index in [0.29, 0.717) is 0 Å². The van der Waals surface area contributed by atoms with Crippen LogP contribution in [0, 0.1) is 5.82 Å². The Balaban J connectivity index is 1.99. The van der Waals surface area contributed by atoms with Crippen molar-refractivity contribution in [3.8, 4) is 0 Å².